The van der Waals surface area contributed by atoms with Crippen molar-refractivity contribution in [2.45, 2.75) is 44.8 Å². The van der Waals surface area contributed by atoms with Crippen LogP contribution in [0.3, 0.4) is 0 Å². The average Bonchev–Trinajstić information content (AvgIpc) is 3.09. The standard InChI is InChI=1S/C19H27N5O3/c1-13-10-16(17-11-20-12-24(17)2)23-18(21-13)19(25)22-14-4-6-15(7-5-14)27-9-8-26-3/h10-12,14-15H,4-9H2,1-3H3,(H,22,25). The molecular weight excluding hydrogens is 346 g/mol. The molecule has 1 fully saturated rings. The van der Waals surface area contributed by atoms with Crippen LogP contribution in [0.15, 0.2) is 18.6 Å². The number of rotatable bonds is 7. The van der Waals surface area contributed by atoms with Crippen molar-refractivity contribution < 1.29 is 14.3 Å². The zero-order valence-electron chi connectivity index (χ0n) is 16.1. The van der Waals surface area contributed by atoms with Crippen molar-refractivity contribution in [3.05, 3.63) is 30.1 Å². The highest BCUT2D eigenvalue weighted by Crippen LogP contribution is 2.22. The van der Waals surface area contributed by atoms with E-state index in [9.17, 15) is 4.79 Å². The molecule has 146 valence electrons. The Labute approximate surface area is 159 Å². The second-order valence-electron chi connectivity index (χ2n) is 6.92. The van der Waals surface area contributed by atoms with Gasteiger partial charge in [-0.3, -0.25) is 4.79 Å². The summed E-state index contributed by atoms with van der Waals surface area (Å²) in [7, 11) is 3.57. The maximum Gasteiger partial charge on any atom is 0.289 e. The number of ether oxygens (including phenoxy) is 2. The minimum atomic E-state index is -0.231. The first-order valence-electron chi connectivity index (χ1n) is 9.30. The highest BCUT2D eigenvalue weighted by Gasteiger charge is 2.24. The summed E-state index contributed by atoms with van der Waals surface area (Å²) >= 11 is 0. The van der Waals surface area contributed by atoms with E-state index in [4.69, 9.17) is 9.47 Å². The number of nitrogens with zero attached hydrogens (tertiary/aromatic N) is 4. The van der Waals surface area contributed by atoms with Gasteiger partial charge in [-0.1, -0.05) is 0 Å². The van der Waals surface area contributed by atoms with Gasteiger partial charge in [0.1, 0.15) is 0 Å². The van der Waals surface area contributed by atoms with Crippen LogP contribution in [0.1, 0.15) is 42.0 Å². The van der Waals surface area contributed by atoms with Crippen LogP contribution >= 0.6 is 0 Å². The van der Waals surface area contributed by atoms with Gasteiger partial charge in [0.2, 0.25) is 5.82 Å². The second-order valence-corrected chi connectivity index (χ2v) is 6.92. The molecule has 2 aromatic rings. The number of carbonyl (C=O) groups is 1. The molecule has 8 nitrogen and oxygen atoms in total. The number of imidazole rings is 1. The van der Waals surface area contributed by atoms with E-state index in [1.807, 2.05) is 24.6 Å². The first-order valence-corrected chi connectivity index (χ1v) is 9.30. The van der Waals surface area contributed by atoms with Gasteiger partial charge in [-0.25, -0.2) is 15.0 Å². The fourth-order valence-electron chi connectivity index (χ4n) is 3.33. The molecule has 0 radical (unpaired) electrons. The van der Waals surface area contributed by atoms with E-state index < -0.39 is 0 Å². The van der Waals surface area contributed by atoms with Crippen LogP contribution in [0, 0.1) is 6.92 Å². The number of hydrogen-bond donors (Lipinski definition) is 1. The lowest BCUT2D eigenvalue weighted by Gasteiger charge is -2.29. The number of methoxy groups -OCH3 is 1. The van der Waals surface area contributed by atoms with Crippen LogP contribution in [-0.2, 0) is 16.5 Å². The number of aryl methyl sites for hydroxylation is 2. The van der Waals surface area contributed by atoms with E-state index in [2.05, 4.69) is 20.3 Å². The summed E-state index contributed by atoms with van der Waals surface area (Å²) in [6.07, 6.45) is 7.34. The summed E-state index contributed by atoms with van der Waals surface area (Å²) < 4.78 is 12.7. The summed E-state index contributed by atoms with van der Waals surface area (Å²) in [5.41, 5.74) is 2.30. The van der Waals surface area contributed by atoms with E-state index in [1.165, 1.54) is 0 Å². The molecule has 1 aliphatic rings. The zero-order chi connectivity index (χ0) is 19.2. The Kier molecular flexibility index (Phi) is 6.52. The third kappa shape index (κ3) is 5.11. The minimum absolute atomic E-state index is 0.129. The van der Waals surface area contributed by atoms with E-state index in [0.717, 1.165) is 37.1 Å². The third-order valence-electron chi connectivity index (χ3n) is 4.79. The summed E-state index contributed by atoms with van der Waals surface area (Å²) in [6.45, 7) is 3.09. The van der Waals surface area contributed by atoms with Gasteiger partial charge in [0.05, 0.1) is 43.2 Å². The maximum atomic E-state index is 12.7. The molecule has 1 aliphatic carbocycles. The van der Waals surface area contributed by atoms with Crippen LogP contribution in [0.4, 0.5) is 0 Å². The SMILES string of the molecule is COCCOC1CCC(NC(=O)c2nc(C)cc(-c3cncn3C)n2)CC1. The largest absolute Gasteiger partial charge is 0.382 e. The van der Waals surface area contributed by atoms with Crippen molar-refractivity contribution in [1.82, 2.24) is 24.8 Å². The Morgan fingerprint density at radius 3 is 2.70 bits per heavy atom. The summed E-state index contributed by atoms with van der Waals surface area (Å²) in [5.74, 6) is -0.0319. The van der Waals surface area contributed by atoms with Gasteiger partial charge in [-0.15, -0.1) is 0 Å². The Hall–Kier alpha value is -2.32. The molecule has 0 aromatic carbocycles. The Morgan fingerprint density at radius 1 is 1.26 bits per heavy atom. The van der Waals surface area contributed by atoms with Crippen LogP contribution in [-0.4, -0.2) is 57.9 Å². The quantitative estimate of drug-likeness (QED) is 0.745. The van der Waals surface area contributed by atoms with Gasteiger partial charge in [0, 0.05) is 25.9 Å². The van der Waals surface area contributed by atoms with Gasteiger partial charge in [-0.05, 0) is 38.7 Å². The molecular formula is C19H27N5O3. The van der Waals surface area contributed by atoms with Gasteiger partial charge >= 0.3 is 0 Å². The predicted molar refractivity (Wildman–Crippen MR) is 100 cm³/mol. The number of amides is 1. The monoisotopic (exact) mass is 373 g/mol. The first-order chi connectivity index (χ1) is 13.1. The molecule has 1 N–H and O–H groups in total. The van der Waals surface area contributed by atoms with Crippen molar-refractivity contribution in [3.8, 4) is 11.4 Å². The first kappa shape index (κ1) is 19.4. The highest BCUT2D eigenvalue weighted by atomic mass is 16.5. The highest BCUT2D eigenvalue weighted by molar-refractivity contribution is 5.91. The van der Waals surface area contributed by atoms with Gasteiger partial charge in [0.15, 0.2) is 0 Å². The number of nitrogens with one attached hydrogen (secondary N) is 1. The fourth-order valence-corrected chi connectivity index (χ4v) is 3.33. The average molecular weight is 373 g/mol. The second kappa shape index (κ2) is 9.05. The minimum Gasteiger partial charge on any atom is -0.382 e. The van der Waals surface area contributed by atoms with Gasteiger partial charge < -0.3 is 19.4 Å². The van der Waals surface area contributed by atoms with Crippen molar-refractivity contribution in [1.29, 1.82) is 0 Å². The Morgan fingerprint density at radius 2 is 2.04 bits per heavy atom. The molecule has 1 saturated carbocycles. The smallest absolute Gasteiger partial charge is 0.289 e. The Balaban J connectivity index is 1.59. The molecule has 2 aromatic heterocycles. The topological polar surface area (TPSA) is 91.2 Å². The van der Waals surface area contributed by atoms with E-state index >= 15 is 0 Å². The molecule has 1 amide bonds. The molecule has 0 atom stereocenters. The molecule has 0 saturated heterocycles. The molecule has 8 heteroatoms. The lowest BCUT2D eigenvalue weighted by atomic mass is 9.93. The van der Waals surface area contributed by atoms with E-state index in [1.54, 1.807) is 19.6 Å². The summed E-state index contributed by atoms with van der Waals surface area (Å²) in [6, 6.07) is 1.99. The molecule has 3 rings (SSSR count). The molecule has 0 unspecified atom stereocenters. The van der Waals surface area contributed by atoms with E-state index in [0.29, 0.717) is 18.9 Å². The van der Waals surface area contributed by atoms with Crippen molar-refractivity contribution in [2.24, 2.45) is 7.05 Å². The molecule has 0 bridgehead atoms. The number of aromatic nitrogens is 4. The van der Waals surface area contributed by atoms with Crippen molar-refractivity contribution in [3.63, 3.8) is 0 Å². The molecule has 0 spiro atoms. The number of carbonyl (C=O) groups excluding carboxylic acids is 1. The summed E-state index contributed by atoms with van der Waals surface area (Å²) in [5, 5.41) is 3.07. The normalized spacial score (nSPS) is 19.8. The van der Waals surface area contributed by atoms with Crippen LogP contribution < -0.4 is 5.32 Å². The molecule has 0 aliphatic heterocycles. The van der Waals surface area contributed by atoms with Crippen molar-refractivity contribution in [2.75, 3.05) is 20.3 Å². The van der Waals surface area contributed by atoms with Gasteiger partial charge in [0.25, 0.3) is 5.91 Å². The van der Waals surface area contributed by atoms with E-state index in [-0.39, 0.29) is 23.9 Å². The molecule has 27 heavy (non-hydrogen) atoms. The fraction of sp³-hybridized carbons (Fsp3) is 0.579. The zero-order valence-corrected chi connectivity index (χ0v) is 16.1. The van der Waals surface area contributed by atoms with Gasteiger partial charge in [-0.2, -0.15) is 0 Å². The number of hydrogen-bond acceptors (Lipinski definition) is 6. The van der Waals surface area contributed by atoms with Crippen molar-refractivity contribution >= 4 is 5.91 Å². The third-order valence-corrected chi connectivity index (χ3v) is 4.79. The Bertz CT molecular complexity index is 768. The van der Waals surface area contributed by atoms with Crippen LogP contribution in [0.2, 0.25) is 0 Å². The van der Waals surface area contributed by atoms with Crippen LogP contribution in [0.25, 0.3) is 11.4 Å². The van der Waals surface area contributed by atoms with Crippen LogP contribution in [0.5, 0.6) is 0 Å². The lowest BCUT2D eigenvalue weighted by molar-refractivity contribution is -0.00410. The molecule has 2 heterocycles. The summed E-state index contributed by atoms with van der Waals surface area (Å²) in [4.78, 5) is 25.5. The predicted octanol–water partition coefficient (Wildman–Crippen LogP) is 1.89. The maximum absolute atomic E-state index is 12.7. The lowest BCUT2D eigenvalue weighted by Crippen LogP contribution is -2.40.